The first-order valence-corrected chi connectivity index (χ1v) is 11.7. The van der Waals surface area contributed by atoms with Gasteiger partial charge in [0.05, 0.1) is 0 Å². The maximum atomic E-state index is 8.88. The average Bonchev–Trinajstić information content (AvgIpc) is 1.79. The van der Waals surface area contributed by atoms with Gasteiger partial charge in [-0.05, 0) is 0 Å². The van der Waals surface area contributed by atoms with Gasteiger partial charge in [0.2, 0.25) is 0 Å². The van der Waals surface area contributed by atoms with E-state index in [2.05, 4.69) is 0 Å². The summed E-state index contributed by atoms with van der Waals surface area (Å²) < 4.78 is 44.4. The van der Waals surface area contributed by atoms with Crippen LogP contribution in [0.1, 0.15) is 0 Å². The Hall–Kier alpha value is 2.26. The van der Waals surface area contributed by atoms with Gasteiger partial charge in [-0.25, -0.2) is 22.8 Å². The van der Waals surface area contributed by atoms with Gasteiger partial charge in [0, 0.05) is 55.7 Å². The topological polar surface area (TPSA) is 420 Å². The van der Waals surface area contributed by atoms with E-state index < -0.39 is 39.1 Å². The Bertz CT molecular complexity index is 379. The van der Waals surface area contributed by atoms with E-state index in [1.165, 1.54) is 0 Å². The summed E-state index contributed by atoms with van der Waals surface area (Å²) in [5.74, 6) is 0. The van der Waals surface area contributed by atoms with Crippen LogP contribution in [-0.2, 0) is 78.5 Å². The van der Waals surface area contributed by atoms with Crippen LogP contribution in [0.25, 0.3) is 0 Å². The SMILES string of the molecule is O.O=P(O)(O)O.O=P(O)(O)O.O=P(O)(O)O.O=P(O)(O)O.O=P(O)(O)O.[V].[V].[V]. The smallest absolute Gasteiger partial charge is 0.412 e. The van der Waals surface area contributed by atoms with Crippen molar-refractivity contribution in [1.82, 2.24) is 0 Å². The van der Waals surface area contributed by atoms with Gasteiger partial charge < -0.3 is 78.9 Å². The van der Waals surface area contributed by atoms with Crippen LogP contribution in [0.4, 0.5) is 0 Å². The molecule has 0 heterocycles. The third-order valence-electron chi connectivity index (χ3n) is 0. The summed E-state index contributed by atoms with van der Waals surface area (Å²) >= 11 is 0. The molecule has 0 saturated heterocycles. The Morgan fingerprint density at radius 3 is 0.276 bits per heavy atom. The number of hydrogen-bond donors (Lipinski definition) is 15. The van der Waals surface area contributed by atoms with Crippen molar-refractivity contribution in [2.24, 2.45) is 0 Å². The molecule has 0 atom stereocenters. The van der Waals surface area contributed by atoms with E-state index >= 15 is 0 Å². The second kappa shape index (κ2) is 24.9. The quantitative estimate of drug-likeness (QED) is 0.108. The molecule has 0 aromatic heterocycles. The van der Waals surface area contributed by atoms with Crippen molar-refractivity contribution >= 4 is 39.1 Å². The normalized spacial score (nSPS) is 10.2. The molecule has 0 unspecified atom stereocenters. The summed E-state index contributed by atoms with van der Waals surface area (Å²) in [6.07, 6.45) is 0. The summed E-state index contributed by atoms with van der Waals surface area (Å²) in [6.45, 7) is 0. The monoisotopic (exact) mass is 661 g/mol. The van der Waals surface area contributed by atoms with E-state index in [0.717, 1.165) is 0 Å². The minimum Gasteiger partial charge on any atom is -0.412 e. The zero-order chi connectivity index (χ0) is 22.5. The van der Waals surface area contributed by atoms with E-state index in [0.29, 0.717) is 0 Å². The van der Waals surface area contributed by atoms with Crippen molar-refractivity contribution in [2.75, 3.05) is 0 Å². The van der Waals surface area contributed by atoms with Crippen molar-refractivity contribution in [3.8, 4) is 0 Å². The molecule has 0 aromatic carbocycles. The van der Waals surface area contributed by atoms with E-state index in [4.69, 9.17) is 96.2 Å². The third-order valence-corrected chi connectivity index (χ3v) is 0. The molecule has 183 valence electrons. The van der Waals surface area contributed by atoms with E-state index in [-0.39, 0.29) is 61.1 Å². The van der Waals surface area contributed by atoms with Crippen LogP contribution in [0.5, 0.6) is 0 Å². The Balaban J connectivity index is -0.0000000238. The Morgan fingerprint density at radius 2 is 0.276 bits per heavy atom. The van der Waals surface area contributed by atoms with Crippen LogP contribution in [0.3, 0.4) is 0 Å². The van der Waals surface area contributed by atoms with Gasteiger partial charge >= 0.3 is 39.1 Å². The molecule has 17 N–H and O–H groups in total. The zero-order valence-corrected chi connectivity index (χ0v) is 21.5. The van der Waals surface area contributed by atoms with Crippen LogP contribution >= 0.6 is 39.1 Å². The molecule has 0 aromatic rings. The predicted octanol–water partition coefficient (Wildman–Crippen LogP) is -5.48. The van der Waals surface area contributed by atoms with Gasteiger partial charge in [0.1, 0.15) is 0 Å². The summed E-state index contributed by atoms with van der Waals surface area (Å²) in [5.41, 5.74) is 0. The molecule has 29 heavy (non-hydrogen) atoms. The summed E-state index contributed by atoms with van der Waals surface area (Å²) in [5, 5.41) is 0. The largest absolute Gasteiger partial charge is 0.466 e. The van der Waals surface area contributed by atoms with Gasteiger partial charge in [-0.2, -0.15) is 0 Å². The molecule has 29 heteroatoms. The van der Waals surface area contributed by atoms with Crippen LogP contribution in [0.2, 0.25) is 0 Å². The van der Waals surface area contributed by atoms with Crippen molar-refractivity contribution in [3.05, 3.63) is 0 Å². The predicted molar refractivity (Wildman–Crippen MR) is 74.9 cm³/mol. The second-order valence-electron chi connectivity index (χ2n) is 2.57. The fourth-order valence-electron chi connectivity index (χ4n) is 0. The van der Waals surface area contributed by atoms with Gasteiger partial charge in [0.25, 0.3) is 0 Å². The fraction of sp³-hybridized carbons (Fsp3) is 0. The van der Waals surface area contributed by atoms with E-state index in [1.807, 2.05) is 0 Å². The molecule has 21 nitrogen and oxygen atoms in total. The second-order valence-corrected chi connectivity index (χ2v) is 7.70. The van der Waals surface area contributed by atoms with Crippen molar-refractivity contribution in [2.45, 2.75) is 0 Å². The van der Waals surface area contributed by atoms with Gasteiger partial charge in [-0.3, -0.25) is 0 Å². The molecule has 0 fully saturated rings. The molecule has 0 bridgehead atoms. The minimum absolute atomic E-state index is 0. The standard InChI is InChI=1S/5H3O4P.H2O.3V/c5*1-5(2,3)4;;;;/h5*(H3,1,2,3,4);1H2;;;. The van der Waals surface area contributed by atoms with Crippen LogP contribution in [0.15, 0.2) is 0 Å². The van der Waals surface area contributed by atoms with Crippen molar-refractivity contribution in [1.29, 1.82) is 0 Å². The average molecular weight is 661 g/mol. The Morgan fingerprint density at radius 1 is 0.276 bits per heavy atom. The van der Waals surface area contributed by atoms with Crippen LogP contribution in [-0.4, -0.2) is 78.9 Å². The van der Waals surface area contributed by atoms with Crippen LogP contribution < -0.4 is 0 Å². The van der Waals surface area contributed by atoms with E-state index in [9.17, 15) is 0 Å². The maximum Gasteiger partial charge on any atom is 0.466 e. The molecule has 0 aliphatic heterocycles. The van der Waals surface area contributed by atoms with Crippen molar-refractivity contribution in [3.63, 3.8) is 0 Å². The summed E-state index contributed by atoms with van der Waals surface area (Å²) in [7, 11) is -23.2. The minimum atomic E-state index is -4.64. The van der Waals surface area contributed by atoms with Crippen molar-refractivity contribution < 1.29 is 157 Å². The first-order valence-electron chi connectivity index (χ1n) is 3.91. The number of rotatable bonds is 0. The summed E-state index contributed by atoms with van der Waals surface area (Å²) in [4.78, 5) is 108. The van der Waals surface area contributed by atoms with Gasteiger partial charge in [0.15, 0.2) is 0 Å². The summed E-state index contributed by atoms with van der Waals surface area (Å²) in [6, 6.07) is 0. The number of phosphoric acid groups is 5. The number of hydrogen-bond acceptors (Lipinski definition) is 5. The van der Waals surface area contributed by atoms with E-state index in [1.54, 1.807) is 0 Å². The zero-order valence-electron chi connectivity index (χ0n) is 12.8. The fourth-order valence-corrected chi connectivity index (χ4v) is 0. The molecule has 0 amide bonds. The molecular formula is H17O21P5V3. The third kappa shape index (κ3) is 4720. The molecule has 3 radical (unpaired) electrons. The first kappa shape index (κ1) is 57.8. The van der Waals surface area contributed by atoms with Gasteiger partial charge in [-0.15, -0.1) is 0 Å². The Kier molecular flexibility index (Phi) is 49.6. The maximum absolute atomic E-state index is 8.88. The molecule has 0 aliphatic carbocycles. The van der Waals surface area contributed by atoms with Gasteiger partial charge in [-0.1, -0.05) is 0 Å². The molecule has 0 saturated carbocycles. The molecular weight excluding hydrogens is 644 g/mol. The molecule has 0 rings (SSSR count). The Labute approximate surface area is 196 Å². The molecule has 0 spiro atoms. The first-order chi connectivity index (χ1) is 10.0. The molecule has 0 aliphatic rings. The van der Waals surface area contributed by atoms with Crippen LogP contribution in [0, 0.1) is 0 Å².